The van der Waals surface area contributed by atoms with Crippen LogP contribution in [0.1, 0.15) is 13.8 Å². The Balaban J connectivity index is 2.72. The molecule has 14 heavy (non-hydrogen) atoms. The second-order valence-electron chi connectivity index (χ2n) is 3.76. The number of morpholine rings is 1. The summed E-state index contributed by atoms with van der Waals surface area (Å²) >= 11 is 0. The summed E-state index contributed by atoms with van der Waals surface area (Å²) in [4.78, 5) is 10.5. The van der Waals surface area contributed by atoms with Crippen LogP contribution in [0.3, 0.4) is 0 Å². The molecule has 0 amide bonds. The lowest BCUT2D eigenvalue weighted by atomic mass is 10.1. The molecule has 0 saturated carbocycles. The second kappa shape index (κ2) is 4.35. The molecule has 0 N–H and O–H groups in total. The van der Waals surface area contributed by atoms with Gasteiger partial charge in [-0.1, -0.05) is 0 Å². The van der Waals surface area contributed by atoms with Gasteiger partial charge in [-0.15, -0.1) is 4.91 Å². The SMILES string of the molecule is CC1(C)COCCN1N(CC#N)N=O. The zero-order chi connectivity index (χ0) is 10.6. The summed E-state index contributed by atoms with van der Waals surface area (Å²) in [5.74, 6) is 0. The van der Waals surface area contributed by atoms with Crippen molar-refractivity contribution in [1.82, 2.24) is 10.1 Å². The van der Waals surface area contributed by atoms with Crippen molar-refractivity contribution in [1.29, 1.82) is 5.26 Å². The maximum atomic E-state index is 10.5. The van der Waals surface area contributed by atoms with Gasteiger partial charge in [0.25, 0.3) is 0 Å². The molecule has 0 radical (unpaired) electrons. The monoisotopic (exact) mass is 198 g/mol. The third kappa shape index (κ3) is 2.19. The topological polar surface area (TPSA) is 68.9 Å². The van der Waals surface area contributed by atoms with Gasteiger partial charge in [0.05, 0.1) is 30.1 Å². The molecule has 1 fully saturated rings. The van der Waals surface area contributed by atoms with E-state index in [1.165, 1.54) is 0 Å². The van der Waals surface area contributed by atoms with Crippen molar-refractivity contribution in [3.63, 3.8) is 0 Å². The molecule has 6 nitrogen and oxygen atoms in total. The predicted octanol–water partition coefficient (Wildman–Crippen LogP) is 0.519. The molecule has 0 bridgehead atoms. The van der Waals surface area contributed by atoms with Gasteiger partial charge in [0.1, 0.15) is 6.54 Å². The number of hydrogen-bond donors (Lipinski definition) is 0. The minimum Gasteiger partial charge on any atom is -0.378 e. The van der Waals surface area contributed by atoms with E-state index in [0.717, 1.165) is 5.12 Å². The zero-order valence-electron chi connectivity index (χ0n) is 8.43. The minimum absolute atomic E-state index is 0.0209. The molecule has 1 aliphatic heterocycles. The number of ether oxygens (including phenoxy) is 1. The molecule has 0 unspecified atom stereocenters. The summed E-state index contributed by atoms with van der Waals surface area (Å²) in [6.45, 7) is 5.54. The van der Waals surface area contributed by atoms with Gasteiger partial charge in [-0.2, -0.15) is 15.4 Å². The Hall–Kier alpha value is -1.19. The van der Waals surface area contributed by atoms with Gasteiger partial charge >= 0.3 is 0 Å². The molecule has 0 atom stereocenters. The first kappa shape index (κ1) is 10.9. The van der Waals surface area contributed by atoms with E-state index in [1.54, 1.807) is 5.01 Å². The Morgan fingerprint density at radius 3 is 2.93 bits per heavy atom. The molecule has 6 heteroatoms. The van der Waals surface area contributed by atoms with Gasteiger partial charge in [0.15, 0.2) is 0 Å². The third-order valence-electron chi connectivity index (χ3n) is 2.19. The maximum absolute atomic E-state index is 10.5. The van der Waals surface area contributed by atoms with Crippen LogP contribution in [0.15, 0.2) is 5.29 Å². The maximum Gasteiger partial charge on any atom is 0.143 e. The number of nitroso groups, excluding NO2 is 1. The normalized spacial score (nSPS) is 21.2. The van der Waals surface area contributed by atoms with Crippen LogP contribution in [0.2, 0.25) is 0 Å². The fourth-order valence-corrected chi connectivity index (χ4v) is 1.50. The quantitative estimate of drug-likeness (QED) is 0.375. The summed E-state index contributed by atoms with van der Waals surface area (Å²) in [7, 11) is 0. The van der Waals surface area contributed by atoms with Crippen LogP contribution in [0.25, 0.3) is 0 Å². The van der Waals surface area contributed by atoms with Crippen LogP contribution in [0, 0.1) is 16.2 Å². The Morgan fingerprint density at radius 1 is 1.71 bits per heavy atom. The molecule has 0 aromatic heterocycles. The van der Waals surface area contributed by atoms with Crippen LogP contribution in [-0.2, 0) is 4.74 Å². The number of hydrazine groups is 1. The second-order valence-corrected chi connectivity index (χ2v) is 3.76. The number of nitrogens with zero attached hydrogens (tertiary/aromatic N) is 4. The van der Waals surface area contributed by atoms with Gasteiger partial charge < -0.3 is 4.74 Å². The summed E-state index contributed by atoms with van der Waals surface area (Å²) in [6.07, 6.45) is 0. The van der Waals surface area contributed by atoms with Gasteiger partial charge in [-0.3, -0.25) is 0 Å². The standard InChI is InChI=1S/C8H14N4O2/c1-8(2)7-14-6-5-11(8)12(10-13)4-3-9/h4-7H2,1-2H3. The molecule has 1 rings (SSSR count). The lowest BCUT2D eigenvalue weighted by molar-refractivity contribution is -0.161. The summed E-state index contributed by atoms with van der Waals surface area (Å²) in [5.41, 5.74) is -0.289. The van der Waals surface area contributed by atoms with Crippen LogP contribution in [0.5, 0.6) is 0 Å². The van der Waals surface area contributed by atoms with Gasteiger partial charge in [-0.05, 0) is 13.8 Å². The average Bonchev–Trinajstić information content (AvgIpc) is 2.14. The van der Waals surface area contributed by atoms with Crippen molar-refractivity contribution in [2.45, 2.75) is 19.4 Å². The van der Waals surface area contributed by atoms with Crippen molar-refractivity contribution < 1.29 is 4.74 Å². The number of rotatable bonds is 3. The third-order valence-corrected chi connectivity index (χ3v) is 2.19. The van der Waals surface area contributed by atoms with Crippen molar-refractivity contribution in [3.05, 3.63) is 4.91 Å². The van der Waals surface area contributed by atoms with E-state index in [1.807, 2.05) is 19.9 Å². The van der Waals surface area contributed by atoms with E-state index in [0.29, 0.717) is 19.8 Å². The predicted molar refractivity (Wildman–Crippen MR) is 49.7 cm³/mol. The van der Waals surface area contributed by atoms with Crippen LogP contribution >= 0.6 is 0 Å². The average molecular weight is 198 g/mol. The molecule has 0 aromatic rings. The van der Waals surface area contributed by atoms with Crippen molar-refractivity contribution in [2.75, 3.05) is 26.3 Å². The molecule has 1 saturated heterocycles. The van der Waals surface area contributed by atoms with Crippen LogP contribution in [0.4, 0.5) is 0 Å². The fourth-order valence-electron chi connectivity index (χ4n) is 1.50. The highest BCUT2D eigenvalue weighted by Gasteiger charge is 2.35. The van der Waals surface area contributed by atoms with Crippen molar-refractivity contribution in [2.24, 2.45) is 5.29 Å². The summed E-state index contributed by atoms with van der Waals surface area (Å²) in [5, 5.41) is 14.3. The molecule has 1 heterocycles. The molecular weight excluding hydrogens is 184 g/mol. The zero-order valence-corrected chi connectivity index (χ0v) is 8.43. The van der Waals surface area contributed by atoms with E-state index >= 15 is 0 Å². The molecule has 1 aliphatic rings. The van der Waals surface area contributed by atoms with E-state index in [2.05, 4.69) is 5.29 Å². The van der Waals surface area contributed by atoms with E-state index in [9.17, 15) is 4.91 Å². The highest BCUT2D eigenvalue weighted by atomic mass is 16.5. The molecular formula is C8H14N4O2. The lowest BCUT2D eigenvalue weighted by Gasteiger charge is -2.44. The highest BCUT2D eigenvalue weighted by molar-refractivity contribution is 4.85. The van der Waals surface area contributed by atoms with Gasteiger partial charge in [0.2, 0.25) is 0 Å². The Kier molecular flexibility index (Phi) is 3.38. The lowest BCUT2D eigenvalue weighted by Crippen LogP contribution is -2.58. The first-order valence-corrected chi connectivity index (χ1v) is 4.45. The molecule has 0 aliphatic carbocycles. The fraction of sp³-hybridized carbons (Fsp3) is 0.875. The van der Waals surface area contributed by atoms with Crippen LogP contribution in [-0.4, -0.2) is 42.0 Å². The summed E-state index contributed by atoms with van der Waals surface area (Å²) < 4.78 is 5.29. The Bertz CT molecular complexity index is 248. The van der Waals surface area contributed by atoms with Crippen LogP contribution < -0.4 is 0 Å². The highest BCUT2D eigenvalue weighted by Crippen LogP contribution is 2.21. The molecule has 78 valence electrons. The molecule has 0 aromatic carbocycles. The first-order chi connectivity index (χ1) is 6.61. The smallest absolute Gasteiger partial charge is 0.143 e. The number of nitriles is 1. The van der Waals surface area contributed by atoms with E-state index in [-0.39, 0.29) is 12.1 Å². The Morgan fingerprint density at radius 2 is 2.43 bits per heavy atom. The van der Waals surface area contributed by atoms with Gasteiger partial charge in [0, 0.05) is 6.54 Å². The van der Waals surface area contributed by atoms with Gasteiger partial charge in [-0.25, -0.2) is 0 Å². The number of hydrogen-bond acceptors (Lipinski definition) is 5. The van der Waals surface area contributed by atoms with Crippen molar-refractivity contribution >= 4 is 0 Å². The summed E-state index contributed by atoms with van der Waals surface area (Å²) in [6, 6.07) is 1.90. The Labute approximate surface area is 82.9 Å². The van der Waals surface area contributed by atoms with E-state index in [4.69, 9.17) is 10.00 Å². The van der Waals surface area contributed by atoms with Crippen molar-refractivity contribution in [3.8, 4) is 6.07 Å². The largest absolute Gasteiger partial charge is 0.378 e. The minimum atomic E-state index is -0.289. The molecule has 0 spiro atoms. The first-order valence-electron chi connectivity index (χ1n) is 4.45. The van der Waals surface area contributed by atoms with E-state index < -0.39 is 0 Å².